The number of urea groups is 1. The predicted octanol–water partition coefficient (Wildman–Crippen LogP) is 0.909. The van der Waals surface area contributed by atoms with Crippen LogP contribution in [0.1, 0.15) is 19.3 Å². The molecule has 1 unspecified atom stereocenters. The van der Waals surface area contributed by atoms with Gasteiger partial charge in [-0.05, 0) is 25.3 Å². The van der Waals surface area contributed by atoms with Crippen molar-refractivity contribution in [3.05, 3.63) is 18.5 Å². The Hall–Kier alpha value is -2.38. The molecule has 3 fully saturated rings. The van der Waals surface area contributed by atoms with E-state index in [4.69, 9.17) is 0 Å². The van der Waals surface area contributed by atoms with Gasteiger partial charge in [-0.25, -0.2) is 14.8 Å². The van der Waals surface area contributed by atoms with Gasteiger partial charge in [-0.2, -0.15) is 0 Å². The Labute approximate surface area is 160 Å². The first-order chi connectivity index (χ1) is 12.9. The molecule has 1 aromatic heterocycles. The lowest BCUT2D eigenvalue weighted by Gasteiger charge is -2.46. The van der Waals surface area contributed by atoms with E-state index in [1.54, 1.807) is 31.4 Å². The fourth-order valence-corrected chi connectivity index (χ4v) is 5.28. The second kappa shape index (κ2) is 6.35. The first kappa shape index (κ1) is 18.0. The Morgan fingerprint density at radius 1 is 1.07 bits per heavy atom. The summed E-state index contributed by atoms with van der Waals surface area (Å²) in [6.07, 6.45) is 6.06. The third-order valence-electron chi connectivity index (χ3n) is 6.81. The van der Waals surface area contributed by atoms with Gasteiger partial charge >= 0.3 is 6.03 Å². The first-order valence-electron chi connectivity index (χ1n) is 9.62. The molecule has 0 saturated carbocycles. The summed E-state index contributed by atoms with van der Waals surface area (Å²) in [7, 11) is 5.47. The molecule has 1 atom stereocenters. The zero-order valence-corrected chi connectivity index (χ0v) is 16.4. The van der Waals surface area contributed by atoms with Crippen LogP contribution in [0.4, 0.5) is 10.7 Å². The summed E-state index contributed by atoms with van der Waals surface area (Å²) in [4.78, 5) is 42.1. The monoisotopic (exact) mass is 372 g/mol. The van der Waals surface area contributed by atoms with Gasteiger partial charge in [-0.15, -0.1) is 0 Å². The van der Waals surface area contributed by atoms with E-state index >= 15 is 0 Å². The molecule has 3 saturated heterocycles. The Bertz CT molecular complexity index is 731. The van der Waals surface area contributed by atoms with Gasteiger partial charge < -0.3 is 19.6 Å². The molecule has 0 aliphatic carbocycles. The van der Waals surface area contributed by atoms with E-state index in [9.17, 15) is 9.59 Å². The minimum Gasteiger partial charge on any atom is -0.345 e. The molecule has 0 radical (unpaired) electrons. The molecule has 1 aromatic rings. The number of carbonyl (C=O) groups is 2. The van der Waals surface area contributed by atoms with Gasteiger partial charge in [0.05, 0.1) is 5.41 Å². The van der Waals surface area contributed by atoms with Crippen LogP contribution in [0.15, 0.2) is 18.5 Å². The molecule has 0 N–H and O–H groups in total. The van der Waals surface area contributed by atoms with Crippen LogP contribution in [0, 0.1) is 10.8 Å². The van der Waals surface area contributed by atoms with Crippen molar-refractivity contribution in [1.82, 2.24) is 24.7 Å². The highest BCUT2D eigenvalue weighted by Gasteiger charge is 2.65. The van der Waals surface area contributed by atoms with Crippen molar-refractivity contribution in [2.24, 2.45) is 10.8 Å². The normalized spacial score (nSPS) is 27.1. The highest BCUT2D eigenvalue weighted by molar-refractivity contribution is 5.87. The molecule has 0 aromatic carbocycles. The lowest BCUT2D eigenvalue weighted by Crippen LogP contribution is -2.54. The summed E-state index contributed by atoms with van der Waals surface area (Å²) in [5.41, 5.74) is -0.522. The number of nitrogens with zero attached hydrogens (tertiary/aromatic N) is 6. The fraction of sp³-hybridized carbons (Fsp3) is 0.684. The molecule has 4 heterocycles. The van der Waals surface area contributed by atoms with Gasteiger partial charge in [0.15, 0.2) is 0 Å². The van der Waals surface area contributed by atoms with E-state index in [-0.39, 0.29) is 17.4 Å². The maximum Gasteiger partial charge on any atom is 0.319 e. The van der Waals surface area contributed by atoms with Gasteiger partial charge in [0, 0.05) is 71.7 Å². The third kappa shape index (κ3) is 2.64. The standard InChI is InChI=1S/C19H28N6O2/c1-22(2)17(27)24-11-5-18(6-12-24)13-25(16-20-8-4-9-21-16)14-19(18)7-10-23(3)15(19)26/h4,8-9H,5-7,10-14H2,1-3H3. The van der Waals surface area contributed by atoms with Crippen molar-refractivity contribution in [3.63, 3.8) is 0 Å². The number of aromatic nitrogens is 2. The van der Waals surface area contributed by atoms with E-state index in [0.717, 1.165) is 32.4 Å². The average molecular weight is 372 g/mol. The van der Waals surface area contributed by atoms with E-state index in [2.05, 4.69) is 14.9 Å². The quantitative estimate of drug-likeness (QED) is 0.733. The van der Waals surface area contributed by atoms with Crippen molar-refractivity contribution in [1.29, 1.82) is 0 Å². The molecule has 0 bridgehead atoms. The van der Waals surface area contributed by atoms with Crippen LogP contribution < -0.4 is 4.90 Å². The second-order valence-corrected chi connectivity index (χ2v) is 8.41. The minimum absolute atomic E-state index is 0.0509. The Morgan fingerprint density at radius 2 is 1.74 bits per heavy atom. The molecule has 146 valence electrons. The molecule has 4 rings (SSSR count). The van der Waals surface area contributed by atoms with Gasteiger partial charge in [-0.1, -0.05) is 0 Å². The number of carbonyl (C=O) groups excluding carboxylic acids is 2. The van der Waals surface area contributed by atoms with Crippen molar-refractivity contribution in [2.75, 3.05) is 58.8 Å². The number of piperidine rings is 1. The number of hydrogen-bond donors (Lipinski definition) is 0. The van der Waals surface area contributed by atoms with Crippen LogP contribution >= 0.6 is 0 Å². The van der Waals surface area contributed by atoms with E-state index in [1.807, 2.05) is 22.9 Å². The summed E-state index contributed by atoms with van der Waals surface area (Å²) in [5.74, 6) is 0.941. The molecule has 2 spiro atoms. The van der Waals surface area contributed by atoms with Gasteiger partial charge in [0.1, 0.15) is 0 Å². The Balaban J connectivity index is 1.63. The number of anilines is 1. The van der Waals surface area contributed by atoms with Crippen LogP contribution in [0.3, 0.4) is 0 Å². The summed E-state index contributed by atoms with van der Waals surface area (Å²) in [6, 6.07) is 1.86. The number of fused-ring (bicyclic) bond motifs is 1. The largest absolute Gasteiger partial charge is 0.345 e. The lowest BCUT2D eigenvalue weighted by atomic mass is 9.60. The number of hydrogen-bond acceptors (Lipinski definition) is 5. The number of rotatable bonds is 1. The molecule has 3 amide bonds. The minimum atomic E-state index is -0.395. The maximum absolute atomic E-state index is 13.3. The number of likely N-dealkylation sites (tertiary alicyclic amines) is 2. The highest BCUT2D eigenvalue weighted by Crippen LogP contribution is 2.58. The van der Waals surface area contributed by atoms with Gasteiger partial charge in [0.25, 0.3) is 0 Å². The fourth-order valence-electron chi connectivity index (χ4n) is 5.28. The molecule has 3 aliphatic heterocycles. The van der Waals surface area contributed by atoms with Crippen molar-refractivity contribution >= 4 is 17.9 Å². The van der Waals surface area contributed by atoms with E-state index in [0.29, 0.717) is 25.6 Å². The number of amides is 3. The lowest BCUT2D eigenvalue weighted by molar-refractivity contribution is -0.140. The third-order valence-corrected chi connectivity index (χ3v) is 6.81. The molecular weight excluding hydrogens is 344 g/mol. The molecule has 27 heavy (non-hydrogen) atoms. The first-order valence-corrected chi connectivity index (χ1v) is 9.62. The average Bonchev–Trinajstić information content (AvgIpc) is 3.16. The van der Waals surface area contributed by atoms with Crippen LogP contribution in [-0.2, 0) is 4.79 Å². The van der Waals surface area contributed by atoms with Crippen molar-refractivity contribution in [2.45, 2.75) is 19.3 Å². The van der Waals surface area contributed by atoms with E-state index in [1.165, 1.54) is 0 Å². The smallest absolute Gasteiger partial charge is 0.319 e. The molecule has 8 nitrogen and oxygen atoms in total. The summed E-state index contributed by atoms with van der Waals surface area (Å²) in [6.45, 7) is 3.63. The van der Waals surface area contributed by atoms with Crippen LogP contribution in [0.5, 0.6) is 0 Å². The van der Waals surface area contributed by atoms with Crippen LogP contribution in [-0.4, -0.2) is 90.5 Å². The van der Waals surface area contributed by atoms with Crippen LogP contribution in [0.2, 0.25) is 0 Å². The SMILES string of the molecule is CN(C)C(=O)N1CCC2(CC1)CN(c1ncccn1)CC21CCN(C)C1=O. The predicted molar refractivity (Wildman–Crippen MR) is 101 cm³/mol. The topological polar surface area (TPSA) is 72.9 Å². The second-order valence-electron chi connectivity index (χ2n) is 8.41. The zero-order chi connectivity index (χ0) is 19.2. The van der Waals surface area contributed by atoms with Crippen LogP contribution in [0.25, 0.3) is 0 Å². The summed E-state index contributed by atoms with van der Waals surface area (Å²) < 4.78 is 0. The molecule has 8 heteroatoms. The Kier molecular flexibility index (Phi) is 4.24. The highest BCUT2D eigenvalue weighted by atomic mass is 16.2. The van der Waals surface area contributed by atoms with E-state index < -0.39 is 5.41 Å². The summed E-state index contributed by atoms with van der Waals surface area (Å²) >= 11 is 0. The van der Waals surface area contributed by atoms with Crippen molar-refractivity contribution < 1.29 is 9.59 Å². The van der Waals surface area contributed by atoms with Gasteiger partial charge in [-0.3, -0.25) is 4.79 Å². The Morgan fingerprint density at radius 3 is 2.30 bits per heavy atom. The van der Waals surface area contributed by atoms with Gasteiger partial charge in [0.2, 0.25) is 11.9 Å². The molecule has 3 aliphatic rings. The zero-order valence-electron chi connectivity index (χ0n) is 16.4. The maximum atomic E-state index is 13.3. The summed E-state index contributed by atoms with van der Waals surface area (Å²) in [5, 5.41) is 0. The van der Waals surface area contributed by atoms with Crippen molar-refractivity contribution in [3.8, 4) is 0 Å². The molecular formula is C19H28N6O2.